The first-order valence-corrected chi connectivity index (χ1v) is 3.39. The Bertz CT molecular complexity index is 64.0. The zero-order valence-corrected chi connectivity index (χ0v) is 6.25. The molecule has 1 saturated heterocycles. The SMILES string of the molecule is CCO.NCC1OCCO1. The second kappa shape index (κ2) is 6.95. The standard InChI is InChI=1S/C4H9NO2.C2H6O/c5-3-4-6-1-2-7-4;1-2-3/h4H,1-3,5H2;3H,2H2,1H3. The fourth-order valence-corrected chi connectivity index (χ4v) is 0.543. The highest BCUT2D eigenvalue weighted by Gasteiger charge is 2.11. The Morgan fingerprint density at radius 1 is 1.50 bits per heavy atom. The minimum atomic E-state index is -0.125. The van der Waals surface area contributed by atoms with Crippen LogP contribution in [0, 0.1) is 0 Å². The largest absolute Gasteiger partial charge is 0.397 e. The van der Waals surface area contributed by atoms with Crippen LogP contribution in [0.25, 0.3) is 0 Å². The van der Waals surface area contributed by atoms with Crippen molar-refractivity contribution in [3.63, 3.8) is 0 Å². The van der Waals surface area contributed by atoms with E-state index in [0.29, 0.717) is 19.8 Å². The average molecular weight is 149 g/mol. The Morgan fingerprint density at radius 2 is 1.90 bits per heavy atom. The lowest BCUT2D eigenvalue weighted by molar-refractivity contribution is -0.0330. The van der Waals surface area contributed by atoms with Crippen molar-refractivity contribution in [2.75, 3.05) is 26.4 Å². The van der Waals surface area contributed by atoms with Gasteiger partial charge in [-0.15, -0.1) is 0 Å². The zero-order valence-electron chi connectivity index (χ0n) is 6.25. The summed E-state index contributed by atoms with van der Waals surface area (Å²) in [6.07, 6.45) is -0.125. The third kappa shape index (κ3) is 4.69. The number of rotatable bonds is 1. The summed E-state index contributed by atoms with van der Waals surface area (Å²) in [7, 11) is 0. The molecule has 0 bridgehead atoms. The third-order valence-corrected chi connectivity index (χ3v) is 0.883. The molecular formula is C6H15NO3. The van der Waals surface area contributed by atoms with Crippen LogP contribution in [-0.4, -0.2) is 37.8 Å². The third-order valence-electron chi connectivity index (χ3n) is 0.883. The number of hydrogen-bond donors (Lipinski definition) is 2. The normalized spacial score (nSPS) is 18.3. The van der Waals surface area contributed by atoms with E-state index in [2.05, 4.69) is 0 Å². The maximum absolute atomic E-state index is 7.57. The number of aliphatic hydroxyl groups excluding tert-OH is 1. The van der Waals surface area contributed by atoms with Crippen molar-refractivity contribution in [3.05, 3.63) is 0 Å². The van der Waals surface area contributed by atoms with E-state index in [1.807, 2.05) is 0 Å². The van der Waals surface area contributed by atoms with Crippen molar-refractivity contribution in [1.82, 2.24) is 0 Å². The smallest absolute Gasteiger partial charge is 0.169 e. The zero-order chi connectivity index (χ0) is 7.82. The minimum Gasteiger partial charge on any atom is -0.397 e. The summed E-state index contributed by atoms with van der Waals surface area (Å²) in [6.45, 7) is 3.80. The van der Waals surface area contributed by atoms with E-state index in [1.165, 1.54) is 0 Å². The van der Waals surface area contributed by atoms with Gasteiger partial charge < -0.3 is 20.3 Å². The molecule has 62 valence electrons. The lowest BCUT2D eigenvalue weighted by Crippen LogP contribution is -2.19. The molecule has 0 saturated carbocycles. The molecular weight excluding hydrogens is 134 g/mol. The van der Waals surface area contributed by atoms with Crippen molar-refractivity contribution in [2.24, 2.45) is 5.73 Å². The molecule has 0 aromatic carbocycles. The Morgan fingerprint density at radius 3 is 2.10 bits per heavy atom. The summed E-state index contributed by atoms with van der Waals surface area (Å²) in [5.41, 5.74) is 5.18. The molecule has 0 unspecified atom stereocenters. The second-order valence-corrected chi connectivity index (χ2v) is 1.72. The van der Waals surface area contributed by atoms with Crippen LogP contribution in [0.2, 0.25) is 0 Å². The molecule has 4 heteroatoms. The van der Waals surface area contributed by atoms with Crippen LogP contribution in [0.1, 0.15) is 6.92 Å². The van der Waals surface area contributed by atoms with E-state index in [-0.39, 0.29) is 12.9 Å². The van der Waals surface area contributed by atoms with Gasteiger partial charge in [0, 0.05) is 13.2 Å². The van der Waals surface area contributed by atoms with Crippen molar-refractivity contribution < 1.29 is 14.6 Å². The van der Waals surface area contributed by atoms with Gasteiger partial charge in [0.25, 0.3) is 0 Å². The van der Waals surface area contributed by atoms with Crippen molar-refractivity contribution in [2.45, 2.75) is 13.2 Å². The molecule has 1 heterocycles. The highest BCUT2D eigenvalue weighted by Crippen LogP contribution is 1.99. The summed E-state index contributed by atoms with van der Waals surface area (Å²) < 4.78 is 9.91. The van der Waals surface area contributed by atoms with Gasteiger partial charge >= 0.3 is 0 Å². The summed E-state index contributed by atoms with van der Waals surface area (Å²) in [6, 6.07) is 0. The van der Waals surface area contributed by atoms with Crippen LogP contribution < -0.4 is 5.73 Å². The minimum absolute atomic E-state index is 0.125. The highest BCUT2D eigenvalue weighted by atomic mass is 16.7. The molecule has 1 aliphatic heterocycles. The molecule has 1 aliphatic rings. The Balaban J connectivity index is 0.000000236. The Hall–Kier alpha value is -0.160. The van der Waals surface area contributed by atoms with Gasteiger partial charge in [0.2, 0.25) is 0 Å². The molecule has 0 atom stereocenters. The first-order valence-electron chi connectivity index (χ1n) is 3.39. The van der Waals surface area contributed by atoms with Gasteiger partial charge in [-0.1, -0.05) is 0 Å². The van der Waals surface area contributed by atoms with Crippen LogP contribution in [-0.2, 0) is 9.47 Å². The lowest BCUT2D eigenvalue weighted by atomic mass is 10.7. The summed E-state index contributed by atoms with van der Waals surface area (Å²) in [5, 5.41) is 7.57. The number of nitrogens with two attached hydrogens (primary N) is 1. The molecule has 0 amide bonds. The average Bonchev–Trinajstić information content (AvgIpc) is 2.39. The Kier molecular flexibility index (Phi) is 6.84. The fourth-order valence-electron chi connectivity index (χ4n) is 0.543. The van der Waals surface area contributed by atoms with Crippen LogP contribution in [0.5, 0.6) is 0 Å². The van der Waals surface area contributed by atoms with Gasteiger partial charge in [0.1, 0.15) is 0 Å². The van der Waals surface area contributed by atoms with Crippen LogP contribution in [0.3, 0.4) is 0 Å². The van der Waals surface area contributed by atoms with Gasteiger partial charge in [-0.3, -0.25) is 0 Å². The van der Waals surface area contributed by atoms with Crippen molar-refractivity contribution in [3.8, 4) is 0 Å². The summed E-state index contributed by atoms with van der Waals surface area (Å²) in [5.74, 6) is 0. The first kappa shape index (κ1) is 9.84. The van der Waals surface area contributed by atoms with E-state index in [0.717, 1.165) is 0 Å². The van der Waals surface area contributed by atoms with Gasteiger partial charge in [0.05, 0.1) is 13.2 Å². The van der Waals surface area contributed by atoms with Crippen LogP contribution in [0.4, 0.5) is 0 Å². The number of aliphatic hydroxyl groups is 1. The summed E-state index contributed by atoms with van der Waals surface area (Å²) >= 11 is 0. The van der Waals surface area contributed by atoms with E-state index in [1.54, 1.807) is 6.92 Å². The molecule has 10 heavy (non-hydrogen) atoms. The predicted molar refractivity (Wildman–Crippen MR) is 37.5 cm³/mol. The first-order chi connectivity index (χ1) is 4.85. The second-order valence-electron chi connectivity index (χ2n) is 1.72. The lowest BCUT2D eigenvalue weighted by Gasteiger charge is -2.01. The maximum atomic E-state index is 7.57. The van der Waals surface area contributed by atoms with Gasteiger partial charge in [0.15, 0.2) is 6.29 Å². The van der Waals surface area contributed by atoms with Gasteiger partial charge in [-0.05, 0) is 6.92 Å². The Labute approximate surface area is 60.9 Å². The predicted octanol–water partition coefficient (Wildman–Crippen LogP) is -0.683. The number of ether oxygens (including phenoxy) is 2. The molecule has 0 spiro atoms. The molecule has 3 N–H and O–H groups in total. The van der Waals surface area contributed by atoms with E-state index >= 15 is 0 Å². The monoisotopic (exact) mass is 149 g/mol. The molecule has 0 aromatic rings. The molecule has 0 radical (unpaired) electrons. The topological polar surface area (TPSA) is 64.7 Å². The van der Waals surface area contributed by atoms with Crippen LogP contribution in [0.15, 0.2) is 0 Å². The summed E-state index contributed by atoms with van der Waals surface area (Å²) in [4.78, 5) is 0. The van der Waals surface area contributed by atoms with Crippen LogP contribution >= 0.6 is 0 Å². The van der Waals surface area contributed by atoms with E-state index in [9.17, 15) is 0 Å². The molecule has 0 aliphatic carbocycles. The molecule has 4 nitrogen and oxygen atoms in total. The van der Waals surface area contributed by atoms with Gasteiger partial charge in [-0.25, -0.2) is 0 Å². The number of hydrogen-bond acceptors (Lipinski definition) is 4. The van der Waals surface area contributed by atoms with Crippen molar-refractivity contribution in [1.29, 1.82) is 0 Å². The van der Waals surface area contributed by atoms with Crippen molar-refractivity contribution >= 4 is 0 Å². The fraction of sp³-hybridized carbons (Fsp3) is 1.00. The maximum Gasteiger partial charge on any atom is 0.169 e. The molecule has 0 aromatic heterocycles. The van der Waals surface area contributed by atoms with E-state index in [4.69, 9.17) is 20.3 Å². The van der Waals surface area contributed by atoms with E-state index < -0.39 is 0 Å². The highest BCUT2D eigenvalue weighted by molar-refractivity contribution is 4.49. The quantitative estimate of drug-likeness (QED) is 0.518. The molecule has 1 fully saturated rings. The van der Waals surface area contributed by atoms with Gasteiger partial charge in [-0.2, -0.15) is 0 Å². The molecule has 1 rings (SSSR count).